The molecule has 3 N–H and O–H groups in total. The van der Waals surface area contributed by atoms with E-state index < -0.39 is 0 Å². The molecular formula is C14H21N3O2. The summed E-state index contributed by atoms with van der Waals surface area (Å²) >= 11 is 0. The molecule has 0 aromatic heterocycles. The van der Waals surface area contributed by atoms with Crippen LogP contribution in [-0.2, 0) is 22.6 Å². The van der Waals surface area contributed by atoms with Gasteiger partial charge in [-0.15, -0.1) is 0 Å². The molecule has 0 aliphatic rings. The van der Waals surface area contributed by atoms with Gasteiger partial charge < -0.3 is 16.0 Å². The molecule has 1 rings (SSSR count). The third kappa shape index (κ3) is 5.09. The molecule has 0 aliphatic carbocycles. The van der Waals surface area contributed by atoms with E-state index in [2.05, 4.69) is 5.32 Å². The molecule has 19 heavy (non-hydrogen) atoms. The van der Waals surface area contributed by atoms with Crippen LogP contribution in [0.1, 0.15) is 18.1 Å². The highest BCUT2D eigenvalue weighted by atomic mass is 16.2. The van der Waals surface area contributed by atoms with E-state index in [1.54, 1.807) is 7.05 Å². The molecule has 0 unspecified atom stereocenters. The number of nitrogens with two attached hydrogens (primary N) is 1. The van der Waals surface area contributed by atoms with Crippen LogP contribution in [0, 0.1) is 0 Å². The SMILES string of the molecule is CCNC(=O)CN(C)C(=O)Cc1ccc(CN)cc1. The van der Waals surface area contributed by atoms with Crippen LogP contribution < -0.4 is 11.1 Å². The second-order valence-corrected chi connectivity index (χ2v) is 4.40. The Balaban J connectivity index is 2.51. The summed E-state index contributed by atoms with van der Waals surface area (Å²) in [5.41, 5.74) is 7.47. The molecule has 0 radical (unpaired) electrons. The standard InChI is InChI=1S/C14H21N3O2/c1-3-16-13(18)10-17(2)14(19)8-11-4-6-12(9-15)7-5-11/h4-7H,3,8-10,15H2,1-2H3,(H,16,18). The average Bonchev–Trinajstić information content (AvgIpc) is 2.39. The first-order chi connectivity index (χ1) is 9.06. The van der Waals surface area contributed by atoms with Crippen LogP contribution in [0.5, 0.6) is 0 Å². The highest BCUT2D eigenvalue weighted by molar-refractivity contribution is 5.85. The Morgan fingerprint density at radius 1 is 1.21 bits per heavy atom. The molecule has 0 saturated carbocycles. The van der Waals surface area contributed by atoms with Gasteiger partial charge in [0, 0.05) is 20.1 Å². The van der Waals surface area contributed by atoms with Crippen molar-refractivity contribution in [1.82, 2.24) is 10.2 Å². The van der Waals surface area contributed by atoms with E-state index in [9.17, 15) is 9.59 Å². The minimum absolute atomic E-state index is 0.0771. The molecule has 1 aromatic rings. The average molecular weight is 263 g/mol. The summed E-state index contributed by atoms with van der Waals surface area (Å²) in [5, 5.41) is 2.66. The summed E-state index contributed by atoms with van der Waals surface area (Å²) in [6.45, 7) is 3.00. The molecule has 0 spiro atoms. The molecule has 0 saturated heterocycles. The number of nitrogens with zero attached hydrogens (tertiary/aromatic N) is 1. The molecule has 1 aromatic carbocycles. The topological polar surface area (TPSA) is 75.4 Å². The van der Waals surface area contributed by atoms with E-state index in [4.69, 9.17) is 5.73 Å². The predicted octanol–water partition coefficient (Wildman–Crippen LogP) is 0.282. The van der Waals surface area contributed by atoms with Crippen molar-refractivity contribution in [2.24, 2.45) is 5.73 Å². The normalized spacial score (nSPS) is 10.1. The van der Waals surface area contributed by atoms with Gasteiger partial charge in [-0.25, -0.2) is 0 Å². The number of carbonyl (C=O) groups is 2. The zero-order chi connectivity index (χ0) is 14.3. The van der Waals surface area contributed by atoms with Crippen LogP contribution in [0.15, 0.2) is 24.3 Å². The third-order valence-corrected chi connectivity index (χ3v) is 2.79. The smallest absolute Gasteiger partial charge is 0.239 e. The number of amides is 2. The van der Waals surface area contributed by atoms with Crippen molar-refractivity contribution in [3.05, 3.63) is 35.4 Å². The van der Waals surface area contributed by atoms with E-state index in [0.717, 1.165) is 11.1 Å². The van der Waals surface area contributed by atoms with Crippen LogP contribution >= 0.6 is 0 Å². The highest BCUT2D eigenvalue weighted by Gasteiger charge is 2.12. The van der Waals surface area contributed by atoms with E-state index in [0.29, 0.717) is 19.5 Å². The predicted molar refractivity (Wildman–Crippen MR) is 74.4 cm³/mol. The van der Waals surface area contributed by atoms with Crippen LogP contribution in [0.2, 0.25) is 0 Å². The van der Waals surface area contributed by atoms with Gasteiger partial charge in [0.05, 0.1) is 13.0 Å². The largest absolute Gasteiger partial charge is 0.355 e. The zero-order valence-electron chi connectivity index (χ0n) is 11.5. The molecule has 0 atom stereocenters. The van der Waals surface area contributed by atoms with Crippen molar-refractivity contribution in [1.29, 1.82) is 0 Å². The lowest BCUT2D eigenvalue weighted by Gasteiger charge is -2.16. The van der Waals surface area contributed by atoms with Gasteiger partial charge in [-0.2, -0.15) is 0 Å². The first-order valence-corrected chi connectivity index (χ1v) is 6.35. The monoisotopic (exact) mass is 263 g/mol. The lowest BCUT2D eigenvalue weighted by molar-refractivity contribution is -0.134. The van der Waals surface area contributed by atoms with E-state index >= 15 is 0 Å². The summed E-state index contributed by atoms with van der Waals surface area (Å²) in [5.74, 6) is -0.219. The molecule has 0 bridgehead atoms. The lowest BCUT2D eigenvalue weighted by atomic mass is 10.1. The Labute approximate surface area is 113 Å². The van der Waals surface area contributed by atoms with E-state index in [1.165, 1.54) is 4.90 Å². The highest BCUT2D eigenvalue weighted by Crippen LogP contribution is 2.05. The minimum Gasteiger partial charge on any atom is -0.355 e. The third-order valence-electron chi connectivity index (χ3n) is 2.79. The van der Waals surface area contributed by atoms with Crippen molar-refractivity contribution in [3.8, 4) is 0 Å². The molecule has 0 heterocycles. The van der Waals surface area contributed by atoms with E-state index in [1.807, 2.05) is 31.2 Å². The Kier molecular flexibility index (Phi) is 6.02. The van der Waals surface area contributed by atoms with Crippen molar-refractivity contribution >= 4 is 11.8 Å². The van der Waals surface area contributed by atoms with Crippen molar-refractivity contribution in [2.75, 3.05) is 20.1 Å². The molecular weight excluding hydrogens is 242 g/mol. The lowest BCUT2D eigenvalue weighted by Crippen LogP contribution is -2.38. The number of hydrogen-bond acceptors (Lipinski definition) is 3. The van der Waals surface area contributed by atoms with Gasteiger partial charge in [0.2, 0.25) is 11.8 Å². The van der Waals surface area contributed by atoms with Crippen molar-refractivity contribution < 1.29 is 9.59 Å². The van der Waals surface area contributed by atoms with Crippen molar-refractivity contribution in [3.63, 3.8) is 0 Å². The van der Waals surface area contributed by atoms with Gasteiger partial charge in [-0.3, -0.25) is 9.59 Å². The quantitative estimate of drug-likeness (QED) is 0.774. The number of likely N-dealkylation sites (N-methyl/N-ethyl adjacent to an activating group) is 2. The van der Waals surface area contributed by atoms with Crippen LogP contribution in [-0.4, -0.2) is 36.9 Å². The van der Waals surface area contributed by atoms with Crippen LogP contribution in [0.25, 0.3) is 0 Å². The van der Waals surface area contributed by atoms with Crippen LogP contribution in [0.4, 0.5) is 0 Å². The number of rotatable bonds is 6. The number of carbonyl (C=O) groups excluding carboxylic acids is 2. The van der Waals surface area contributed by atoms with Gasteiger partial charge in [-0.05, 0) is 18.1 Å². The summed E-state index contributed by atoms with van der Waals surface area (Å²) < 4.78 is 0. The minimum atomic E-state index is -0.142. The zero-order valence-corrected chi connectivity index (χ0v) is 11.5. The van der Waals surface area contributed by atoms with Crippen molar-refractivity contribution in [2.45, 2.75) is 19.9 Å². The Morgan fingerprint density at radius 3 is 2.32 bits per heavy atom. The number of hydrogen-bond donors (Lipinski definition) is 2. The maximum atomic E-state index is 11.9. The molecule has 0 fully saturated rings. The van der Waals surface area contributed by atoms with Gasteiger partial charge >= 0.3 is 0 Å². The maximum Gasteiger partial charge on any atom is 0.239 e. The van der Waals surface area contributed by atoms with Gasteiger partial charge in [0.15, 0.2) is 0 Å². The summed E-state index contributed by atoms with van der Waals surface area (Å²) in [7, 11) is 1.63. The first-order valence-electron chi connectivity index (χ1n) is 6.35. The summed E-state index contributed by atoms with van der Waals surface area (Å²) in [6, 6.07) is 7.60. The molecule has 5 heteroatoms. The number of nitrogens with one attached hydrogen (secondary N) is 1. The number of benzene rings is 1. The fraction of sp³-hybridized carbons (Fsp3) is 0.429. The maximum absolute atomic E-state index is 11.9. The molecule has 2 amide bonds. The van der Waals surface area contributed by atoms with Gasteiger partial charge in [-0.1, -0.05) is 24.3 Å². The summed E-state index contributed by atoms with van der Waals surface area (Å²) in [4.78, 5) is 24.7. The van der Waals surface area contributed by atoms with Gasteiger partial charge in [0.1, 0.15) is 0 Å². The second kappa shape index (κ2) is 7.53. The van der Waals surface area contributed by atoms with Crippen LogP contribution in [0.3, 0.4) is 0 Å². The molecule has 104 valence electrons. The molecule has 0 aliphatic heterocycles. The Hall–Kier alpha value is -1.88. The van der Waals surface area contributed by atoms with E-state index in [-0.39, 0.29) is 18.4 Å². The van der Waals surface area contributed by atoms with Gasteiger partial charge in [0.25, 0.3) is 0 Å². The summed E-state index contributed by atoms with van der Waals surface area (Å²) in [6.07, 6.45) is 0.292. The Morgan fingerprint density at radius 2 is 1.79 bits per heavy atom. The first kappa shape index (κ1) is 15.2. The second-order valence-electron chi connectivity index (χ2n) is 4.40. The fourth-order valence-corrected chi connectivity index (χ4v) is 1.66. The molecule has 5 nitrogen and oxygen atoms in total. The Bertz CT molecular complexity index is 429. The fourth-order valence-electron chi connectivity index (χ4n) is 1.66.